The smallest absolute Gasteiger partial charge is 0.207 e. The maximum absolute atomic E-state index is 10.1. The van der Waals surface area contributed by atoms with Crippen LogP contribution in [0.15, 0.2) is 11.6 Å². The van der Waals surface area contributed by atoms with E-state index in [9.17, 15) is 4.79 Å². The lowest BCUT2D eigenvalue weighted by Crippen LogP contribution is -2.41. The zero-order valence-corrected chi connectivity index (χ0v) is 9.00. The van der Waals surface area contributed by atoms with Gasteiger partial charge in [0, 0.05) is 13.1 Å². The average Bonchev–Trinajstić information content (AvgIpc) is 2.06. The molecule has 1 atom stereocenters. The largest absolute Gasteiger partial charge is 0.351 e. The number of likely N-dealkylation sites (N-methyl/N-ethyl adjacent to an activating group) is 1. The summed E-state index contributed by atoms with van der Waals surface area (Å²) in [5.74, 6) is 0. The van der Waals surface area contributed by atoms with Crippen molar-refractivity contribution in [2.45, 2.75) is 26.8 Å². The van der Waals surface area contributed by atoms with Crippen LogP contribution in [-0.4, -0.2) is 37.5 Å². The van der Waals surface area contributed by atoms with Gasteiger partial charge in [0.1, 0.15) is 0 Å². The van der Waals surface area contributed by atoms with Crippen LogP contribution in [0.5, 0.6) is 0 Å². The Morgan fingerprint density at radius 3 is 2.69 bits per heavy atom. The Morgan fingerprint density at radius 1 is 1.62 bits per heavy atom. The number of nitrogens with zero attached hydrogens (tertiary/aromatic N) is 1. The number of hydrogen-bond donors (Lipinski definition) is 1. The fourth-order valence-corrected chi connectivity index (χ4v) is 1.46. The van der Waals surface area contributed by atoms with Crippen molar-refractivity contribution in [1.82, 2.24) is 10.2 Å². The summed E-state index contributed by atoms with van der Waals surface area (Å²) in [6, 6.07) is 0.200. The van der Waals surface area contributed by atoms with E-state index in [2.05, 4.69) is 30.3 Å². The number of carbonyl (C=O) groups excluding carboxylic acids is 1. The second kappa shape index (κ2) is 6.66. The lowest BCUT2D eigenvalue weighted by molar-refractivity contribution is -0.110. The summed E-state index contributed by atoms with van der Waals surface area (Å²) in [6.45, 7) is 8.00. The van der Waals surface area contributed by atoms with Gasteiger partial charge in [-0.05, 0) is 14.0 Å². The molecule has 0 aromatic heterocycles. The molecule has 0 spiro atoms. The highest BCUT2D eigenvalue weighted by molar-refractivity contribution is 5.47. The third-order valence-electron chi connectivity index (χ3n) is 1.80. The van der Waals surface area contributed by atoms with Gasteiger partial charge in [-0.1, -0.05) is 25.5 Å². The van der Waals surface area contributed by atoms with Gasteiger partial charge in [-0.3, -0.25) is 4.79 Å². The average molecular weight is 184 g/mol. The van der Waals surface area contributed by atoms with Crippen molar-refractivity contribution in [2.24, 2.45) is 0 Å². The first kappa shape index (κ1) is 12.2. The number of nitrogens with one attached hydrogen (secondary N) is 1. The van der Waals surface area contributed by atoms with Crippen molar-refractivity contribution >= 4 is 6.41 Å². The first-order chi connectivity index (χ1) is 6.22. The van der Waals surface area contributed by atoms with Crippen molar-refractivity contribution in [1.29, 1.82) is 0 Å². The Labute approximate surface area is 80.8 Å². The van der Waals surface area contributed by atoms with Crippen LogP contribution >= 0.6 is 0 Å². The fourth-order valence-electron chi connectivity index (χ4n) is 1.46. The van der Waals surface area contributed by atoms with Crippen LogP contribution in [0.3, 0.4) is 0 Å². The molecule has 1 heterocycles. The SMILES string of the molecule is CC.CC1=CC(NC=O)CN(C)C1. The van der Waals surface area contributed by atoms with Crippen molar-refractivity contribution in [2.75, 3.05) is 20.1 Å². The summed E-state index contributed by atoms with van der Waals surface area (Å²) in [7, 11) is 2.05. The summed E-state index contributed by atoms with van der Waals surface area (Å²) >= 11 is 0. The van der Waals surface area contributed by atoms with Gasteiger partial charge in [0.2, 0.25) is 6.41 Å². The third kappa shape index (κ3) is 4.68. The standard InChI is InChI=1S/C8H14N2O.C2H6/c1-7-3-8(9-6-11)5-10(2)4-7;1-2/h3,6,8H,4-5H2,1-2H3,(H,9,11);1-2H3. The molecular formula is C10H20N2O. The van der Waals surface area contributed by atoms with E-state index in [0.29, 0.717) is 0 Å². The molecule has 1 N–H and O–H groups in total. The normalized spacial score (nSPS) is 22.5. The van der Waals surface area contributed by atoms with E-state index < -0.39 is 0 Å². The number of carbonyl (C=O) groups is 1. The molecule has 0 fully saturated rings. The highest BCUT2D eigenvalue weighted by Gasteiger charge is 2.13. The summed E-state index contributed by atoms with van der Waals surface area (Å²) < 4.78 is 0. The van der Waals surface area contributed by atoms with Gasteiger partial charge in [0.15, 0.2) is 0 Å². The first-order valence-electron chi connectivity index (χ1n) is 4.78. The number of amides is 1. The Balaban J connectivity index is 0.000000671. The maximum atomic E-state index is 10.1. The van der Waals surface area contributed by atoms with E-state index >= 15 is 0 Å². The monoisotopic (exact) mass is 184 g/mol. The molecule has 0 bridgehead atoms. The van der Waals surface area contributed by atoms with Gasteiger partial charge in [-0.15, -0.1) is 0 Å². The van der Waals surface area contributed by atoms with E-state index in [1.54, 1.807) is 0 Å². The van der Waals surface area contributed by atoms with E-state index in [1.807, 2.05) is 13.8 Å². The molecule has 0 aromatic rings. The van der Waals surface area contributed by atoms with Gasteiger partial charge in [-0.2, -0.15) is 0 Å². The van der Waals surface area contributed by atoms with Crippen molar-refractivity contribution < 1.29 is 4.79 Å². The van der Waals surface area contributed by atoms with Gasteiger partial charge >= 0.3 is 0 Å². The van der Waals surface area contributed by atoms with E-state index in [-0.39, 0.29) is 6.04 Å². The molecule has 76 valence electrons. The minimum absolute atomic E-state index is 0.200. The Hall–Kier alpha value is -0.830. The highest BCUT2D eigenvalue weighted by atomic mass is 16.1. The molecule has 0 aromatic carbocycles. The molecule has 3 nitrogen and oxygen atoms in total. The second-order valence-electron chi connectivity index (χ2n) is 3.10. The third-order valence-corrected chi connectivity index (χ3v) is 1.80. The molecule has 0 radical (unpaired) electrons. The van der Waals surface area contributed by atoms with Crippen LogP contribution < -0.4 is 5.32 Å². The van der Waals surface area contributed by atoms with Gasteiger partial charge in [0.05, 0.1) is 6.04 Å². The van der Waals surface area contributed by atoms with E-state index in [1.165, 1.54) is 5.57 Å². The molecule has 0 saturated carbocycles. The summed E-state index contributed by atoms with van der Waals surface area (Å²) in [5.41, 5.74) is 1.32. The molecule has 13 heavy (non-hydrogen) atoms. The zero-order chi connectivity index (χ0) is 10.3. The minimum Gasteiger partial charge on any atom is -0.351 e. The molecule has 1 amide bonds. The molecule has 1 aliphatic heterocycles. The van der Waals surface area contributed by atoms with Crippen LogP contribution in [0.4, 0.5) is 0 Å². The Kier molecular flexibility index (Phi) is 6.24. The number of rotatable bonds is 2. The minimum atomic E-state index is 0.200. The van der Waals surface area contributed by atoms with Crippen LogP contribution in [0, 0.1) is 0 Å². The van der Waals surface area contributed by atoms with Crippen LogP contribution in [-0.2, 0) is 4.79 Å². The molecule has 1 unspecified atom stereocenters. The molecule has 0 saturated heterocycles. The Bertz CT molecular complexity index is 178. The van der Waals surface area contributed by atoms with Crippen LogP contribution in [0.1, 0.15) is 20.8 Å². The van der Waals surface area contributed by atoms with Crippen molar-refractivity contribution in [3.63, 3.8) is 0 Å². The summed E-state index contributed by atoms with van der Waals surface area (Å²) in [6.07, 6.45) is 2.86. The van der Waals surface area contributed by atoms with Crippen molar-refractivity contribution in [3.05, 3.63) is 11.6 Å². The predicted octanol–water partition coefficient (Wildman–Crippen LogP) is 1.02. The number of hydrogen-bond acceptors (Lipinski definition) is 2. The zero-order valence-electron chi connectivity index (χ0n) is 9.00. The lowest BCUT2D eigenvalue weighted by atomic mass is 10.1. The second-order valence-corrected chi connectivity index (χ2v) is 3.10. The van der Waals surface area contributed by atoms with Crippen molar-refractivity contribution in [3.8, 4) is 0 Å². The van der Waals surface area contributed by atoms with Gasteiger partial charge in [-0.25, -0.2) is 0 Å². The summed E-state index contributed by atoms with van der Waals surface area (Å²) in [5, 5.41) is 2.75. The molecule has 3 heteroatoms. The molecule has 0 aliphatic carbocycles. The van der Waals surface area contributed by atoms with E-state index in [0.717, 1.165) is 19.5 Å². The van der Waals surface area contributed by atoms with Crippen LogP contribution in [0.2, 0.25) is 0 Å². The molecule has 1 rings (SSSR count). The first-order valence-corrected chi connectivity index (χ1v) is 4.78. The molecule has 1 aliphatic rings. The maximum Gasteiger partial charge on any atom is 0.207 e. The highest BCUT2D eigenvalue weighted by Crippen LogP contribution is 2.06. The van der Waals surface area contributed by atoms with Crippen LogP contribution in [0.25, 0.3) is 0 Å². The Morgan fingerprint density at radius 2 is 2.23 bits per heavy atom. The quantitative estimate of drug-likeness (QED) is 0.513. The van der Waals surface area contributed by atoms with E-state index in [4.69, 9.17) is 0 Å². The van der Waals surface area contributed by atoms with Gasteiger partial charge in [0.25, 0.3) is 0 Å². The lowest BCUT2D eigenvalue weighted by Gasteiger charge is -2.27. The summed E-state index contributed by atoms with van der Waals surface area (Å²) in [4.78, 5) is 12.3. The topological polar surface area (TPSA) is 32.3 Å². The molecular weight excluding hydrogens is 164 g/mol. The fraction of sp³-hybridized carbons (Fsp3) is 0.700. The van der Waals surface area contributed by atoms with Gasteiger partial charge < -0.3 is 10.2 Å². The predicted molar refractivity (Wildman–Crippen MR) is 55.6 cm³/mol.